The molecule has 0 radical (unpaired) electrons. The van der Waals surface area contributed by atoms with Gasteiger partial charge in [-0.2, -0.15) is 0 Å². The van der Waals surface area contributed by atoms with E-state index in [-0.39, 0.29) is 5.97 Å². The monoisotopic (exact) mass is 420 g/mol. The Morgan fingerprint density at radius 1 is 0.812 bits per heavy atom. The fourth-order valence-electron chi connectivity index (χ4n) is 4.65. The number of hydrogen-bond acceptors (Lipinski definition) is 5. The van der Waals surface area contributed by atoms with Gasteiger partial charge in [0.05, 0.1) is 5.56 Å². The first-order valence-corrected chi connectivity index (χ1v) is 10.4. The molecule has 156 valence electrons. The molecule has 5 nitrogen and oxygen atoms in total. The molecule has 1 spiro atoms. The fourth-order valence-corrected chi connectivity index (χ4v) is 4.65. The second-order valence-electron chi connectivity index (χ2n) is 8.13. The molecule has 0 saturated heterocycles. The molecule has 5 heteroatoms. The summed E-state index contributed by atoms with van der Waals surface area (Å²) in [6.07, 6.45) is 0. The average Bonchev–Trinajstić information content (AvgIpc) is 3.09. The molecule has 0 amide bonds. The summed E-state index contributed by atoms with van der Waals surface area (Å²) in [6.45, 7) is 2.02. The number of rotatable bonds is 2. The second-order valence-corrected chi connectivity index (χ2v) is 8.13. The van der Waals surface area contributed by atoms with Crippen molar-refractivity contribution < 1.29 is 14.3 Å². The van der Waals surface area contributed by atoms with E-state index in [2.05, 4.69) is 5.32 Å². The molecule has 3 N–H and O–H groups in total. The van der Waals surface area contributed by atoms with Gasteiger partial charge in [-0.1, -0.05) is 36.4 Å². The van der Waals surface area contributed by atoms with E-state index in [1.54, 1.807) is 18.2 Å². The van der Waals surface area contributed by atoms with Gasteiger partial charge in [0.2, 0.25) is 0 Å². The Morgan fingerprint density at radius 2 is 1.56 bits per heavy atom. The van der Waals surface area contributed by atoms with Crippen LogP contribution in [0.5, 0.6) is 11.5 Å². The van der Waals surface area contributed by atoms with Gasteiger partial charge in [0, 0.05) is 39.8 Å². The highest BCUT2D eigenvalue weighted by Gasteiger charge is 2.53. The van der Waals surface area contributed by atoms with Crippen molar-refractivity contribution in [3.63, 3.8) is 0 Å². The van der Waals surface area contributed by atoms with Crippen molar-refractivity contribution in [3.8, 4) is 11.5 Å². The van der Waals surface area contributed by atoms with Crippen molar-refractivity contribution in [2.24, 2.45) is 0 Å². The molecular weight excluding hydrogens is 400 g/mol. The summed E-state index contributed by atoms with van der Waals surface area (Å²) < 4.78 is 12.5. The Morgan fingerprint density at radius 3 is 2.41 bits per heavy atom. The number of hydrogen-bond donors (Lipinski definition) is 2. The van der Waals surface area contributed by atoms with Crippen LogP contribution in [0.2, 0.25) is 0 Å². The average molecular weight is 420 g/mol. The van der Waals surface area contributed by atoms with Crippen LogP contribution in [-0.4, -0.2) is 5.97 Å². The molecule has 0 saturated carbocycles. The first-order valence-electron chi connectivity index (χ1n) is 10.4. The summed E-state index contributed by atoms with van der Waals surface area (Å²) in [4.78, 5) is 13.0. The number of nitrogens with two attached hydrogens (primary N) is 1. The Hall–Kier alpha value is -4.25. The largest absolute Gasteiger partial charge is 0.456 e. The number of carbonyl (C=O) groups is 1. The molecule has 4 aromatic carbocycles. The minimum absolute atomic E-state index is 0.352. The summed E-state index contributed by atoms with van der Waals surface area (Å²) in [6, 6.07) is 26.9. The number of aryl methyl sites for hydroxylation is 1. The minimum Gasteiger partial charge on any atom is -0.456 e. The molecule has 0 bridgehead atoms. The summed E-state index contributed by atoms with van der Waals surface area (Å²) in [5.74, 6) is 0.878. The Labute approximate surface area is 185 Å². The van der Waals surface area contributed by atoms with Crippen LogP contribution in [0.25, 0.3) is 0 Å². The molecule has 2 aliphatic rings. The highest BCUT2D eigenvalue weighted by molar-refractivity contribution is 5.97. The van der Waals surface area contributed by atoms with Crippen LogP contribution >= 0.6 is 0 Å². The number of fused-ring (bicyclic) bond motifs is 6. The summed E-state index contributed by atoms with van der Waals surface area (Å²) >= 11 is 0. The maximum atomic E-state index is 13.0. The molecule has 6 rings (SSSR count). The molecule has 1 unspecified atom stereocenters. The standard InChI is InChI=1S/C27H20N2O3/c1-16-13-24-22(15-23(16)29-18-7-3-2-4-8-18)27(21-12-11-17(28)14-25(21)31-24)20-10-6-5-9-19(20)26(30)32-27/h2-15,29H,28H2,1H3. The van der Waals surface area contributed by atoms with E-state index in [4.69, 9.17) is 15.2 Å². The fraction of sp³-hybridized carbons (Fsp3) is 0.0741. The lowest BCUT2D eigenvalue weighted by molar-refractivity contribution is 0.0224. The van der Waals surface area contributed by atoms with Gasteiger partial charge in [0.1, 0.15) is 11.5 Å². The Kier molecular flexibility index (Phi) is 3.83. The summed E-state index contributed by atoms with van der Waals surface area (Å²) in [7, 11) is 0. The van der Waals surface area contributed by atoms with Crippen LogP contribution < -0.4 is 15.8 Å². The Bertz CT molecular complexity index is 1400. The molecule has 4 aromatic rings. The van der Waals surface area contributed by atoms with E-state index in [0.717, 1.165) is 33.6 Å². The highest BCUT2D eigenvalue weighted by Crippen LogP contribution is 2.57. The highest BCUT2D eigenvalue weighted by atomic mass is 16.6. The summed E-state index contributed by atoms with van der Waals surface area (Å²) in [5, 5.41) is 3.48. The van der Waals surface area contributed by atoms with E-state index in [0.29, 0.717) is 22.7 Å². The van der Waals surface area contributed by atoms with Crippen molar-refractivity contribution >= 4 is 23.0 Å². The van der Waals surface area contributed by atoms with Crippen LogP contribution in [0.4, 0.5) is 17.1 Å². The third kappa shape index (κ3) is 2.54. The van der Waals surface area contributed by atoms with E-state index >= 15 is 0 Å². The number of nitrogen functional groups attached to an aromatic ring is 1. The van der Waals surface area contributed by atoms with Crippen LogP contribution in [0.3, 0.4) is 0 Å². The molecule has 1 atom stereocenters. The van der Waals surface area contributed by atoms with E-state index < -0.39 is 5.60 Å². The Balaban J connectivity index is 1.62. The summed E-state index contributed by atoms with van der Waals surface area (Å²) in [5.41, 5.74) is 11.3. The van der Waals surface area contributed by atoms with Crippen molar-refractivity contribution in [2.45, 2.75) is 12.5 Å². The molecule has 2 heterocycles. The third-order valence-corrected chi connectivity index (χ3v) is 6.14. The van der Waals surface area contributed by atoms with Crippen LogP contribution in [-0.2, 0) is 10.3 Å². The second kappa shape index (κ2) is 6.62. The number of esters is 1. The number of carbonyl (C=O) groups excluding carboxylic acids is 1. The van der Waals surface area contributed by atoms with Crippen molar-refractivity contribution in [1.82, 2.24) is 0 Å². The van der Waals surface area contributed by atoms with Gasteiger partial charge in [-0.25, -0.2) is 4.79 Å². The number of para-hydroxylation sites is 1. The van der Waals surface area contributed by atoms with E-state index in [1.807, 2.05) is 73.7 Å². The van der Waals surface area contributed by atoms with Crippen molar-refractivity contribution in [1.29, 1.82) is 0 Å². The lowest BCUT2D eigenvalue weighted by Crippen LogP contribution is -2.33. The van der Waals surface area contributed by atoms with Crippen LogP contribution in [0.1, 0.15) is 32.6 Å². The number of anilines is 3. The molecule has 2 aliphatic heterocycles. The van der Waals surface area contributed by atoms with E-state index in [1.165, 1.54) is 0 Å². The molecule has 0 fully saturated rings. The topological polar surface area (TPSA) is 73.6 Å². The van der Waals surface area contributed by atoms with Gasteiger partial charge in [0.15, 0.2) is 5.60 Å². The van der Waals surface area contributed by atoms with Gasteiger partial charge in [-0.05, 0) is 55.0 Å². The predicted octanol–water partition coefficient (Wildman–Crippen LogP) is 5.89. The first kappa shape index (κ1) is 18.5. The number of nitrogens with one attached hydrogen (secondary N) is 1. The molecule has 0 aromatic heterocycles. The van der Waals surface area contributed by atoms with Crippen molar-refractivity contribution in [2.75, 3.05) is 11.1 Å². The zero-order valence-corrected chi connectivity index (χ0v) is 17.4. The zero-order valence-electron chi connectivity index (χ0n) is 17.4. The maximum Gasteiger partial charge on any atom is 0.340 e. The SMILES string of the molecule is Cc1cc2c(cc1Nc1ccccc1)C1(OC(=O)c3ccccc31)c1ccc(N)cc1O2. The zero-order chi connectivity index (χ0) is 21.9. The van der Waals surface area contributed by atoms with Gasteiger partial charge in [-0.15, -0.1) is 0 Å². The van der Waals surface area contributed by atoms with Crippen LogP contribution in [0.15, 0.2) is 84.9 Å². The molecular formula is C27H20N2O3. The lowest BCUT2D eigenvalue weighted by Gasteiger charge is -2.37. The van der Waals surface area contributed by atoms with Gasteiger partial charge >= 0.3 is 5.97 Å². The predicted molar refractivity (Wildman–Crippen MR) is 124 cm³/mol. The minimum atomic E-state index is -1.11. The maximum absolute atomic E-state index is 13.0. The lowest BCUT2D eigenvalue weighted by atomic mass is 9.77. The van der Waals surface area contributed by atoms with E-state index in [9.17, 15) is 4.79 Å². The van der Waals surface area contributed by atoms with Gasteiger partial charge < -0.3 is 20.5 Å². The third-order valence-electron chi connectivity index (χ3n) is 6.14. The van der Waals surface area contributed by atoms with Gasteiger partial charge in [0.25, 0.3) is 0 Å². The normalized spacial score (nSPS) is 17.7. The molecule has 32 heavy (non-hydrogen) atoms. The van der Waals surface area contributed by atoms with Crippen LogP contribution in [0, 0.1) is 6.92 Å². The number of benzene rings is 4. The van der Waals surface area contributed by atoms with Gasteiger partial charge in [-0.3, -0.25) is 0 Å². The number of ether oxygens (including phenoxy) is 2. The quantitative estimate of drug-likeness (QED) is 0.312. The first-order chi connectivity index (χ1) is 15.6. The smallest absolute Gasteiger partial charge is 0.340 e. The van der Waals surface area contributed by atoms with Crippen molar-refractivity contribution in [3.05, 3.63) is 113 Å². The molecule has 0 aliphatic carbocycles.